The second-order valence-corrected chi connectivity index (χ2v) is 1.46. The van der Waals surface area contributed by atoms with Crippen LogP contribution in [0.25, 0.3) is 0 Å². The van der Waals surface area contributed by atoms with E-state index in [9.17, 15) is 0 Å². The van der Waals surface area contributed by atoms with E-state index in [-0.39, 0.29) is 12.3 Å². The normalized spacial score (nSPS) is 13.8. The van der Waals surface area contributed by atoms with Crippen molar-refractivity contribution >= 4 is 0 Å². The van der Waals surface area contributed by atoms with Gasteiger partial charge in [0.2, 0.25) is 0 Å². The van der Waals surface area contributed by atoms with Gasteiger partial charge in [-0.3, -0.25) is 0 Å². The van der Waals surface area contributed by atoms with Crippen molar-refractivity contribution in [2.45, 2.75) is 12.8 Å². The monoisotopic (exact) mass is 133 g/mol. The molecule has 7 N–H and O–H groups in total. The quantitative estimate of drug-likeness (QED) is 0.438. The third kappa shape index (κ3) is 11.3. The molecule has 1 fully saturated rings. The van der Waals surface area contributed by atoms with E-state index in [0.717, 1.165) is 0 Å². The van der Waals surface area contributed by atoms with Crippen LogP contribution >= 0.6 is 0 Å². The van der Waals surface area contributed by atoms with Gasteiger partial charge in [-0.2, -0.15) is 0 Å². The van der Waals surface area contributed by atoms with Crippen molar-refractivity contribution in [1.82, 2.24) is 17.6 Å². The van der Waals surface area contributed by atoms with Crippen LogP contribution in [0.5, 0.6) is 0 Å². The molecule has 1 heterocycles. The van der Waals surface area contributed by atoms with Gasteiger partial charge in [0, 0.05) is 0 Å². The van der Waals surface area contributed by atoms with Gasteiger partial charge in [0.05, 0.1) is 0 Å². The van der Waals surface area contributed by atoms with Crippen LogP contribution in [0.4, 0.5) is 0 Å². The van der Waals surface area contributed by atoms with Crippen molar-refractivity contribution in [2.75, 3.05) is 13.1 Å². The van der Waals surface area contributed by atoms with Gasteiger partial charge in [0.15, 0.2) is 0 Å². The second-order valence-electron chi connectivity index (χ2n) is 1.46. The van der Waals surface area contributed by atoms with Gasteiger partial charge in [0.25, 0.3) is 0 Å². The fraction of sp³-hybridized carbons (Fsp3) is 0.667. The molecular formula is C6H19N3. The van der Waals surface area contributed by atoms with Crippen molar-refractivity contribution in [3.05, 3.63) is 13.2 Å². The Morgan fingerprint density at radius 3 is 1.33 bits per heavy atom. The van der Waals surface area contributed by atoms with Crippen LogP contribution < -0.4 is 17.6 Å². The third-order valence-electron chi connectivity index (χ3n) is 0.957. The summed E-state index contributed by atoms with van der Waals surface area (Å²) < 4.78 is 0. The summed E-state index contributed by atoms with van der Waals surface area (Å²) in [5.41, 5.74) is 0. The maximum atomic E-state index is 3.22. The third-order valence-corrected chi connectivity index (χ3v) is 0.957. The summed E-state index contributed by atoms with van der Waals surface area (Å²) in [7, 11) is 0. The molecule has 0 spiro atoms. The Morgan fingerprint density at radius 2 is 1.22 bits per heavy atom. The zero-order valence-electron chi connectivity index (χ0n) is 6.16. The summed E-state index contributed by atoms with van der Waals surface area (Å²) in [6.07, 6.45) is 2.78. The molecule has 1 rings (SSSR count). The average Bonchev–Trinajstić information content (AvgIpc) is 2.23. The van der Waals surface area contributed by atoms with Gasteiger partial charge in [-0.15, -0.1) is 13.2 Å². The molecule has 1 aliphatic rings. The maximum Gasteiger partial charge on any atom is -0.00484 e. The van der Waals surface area contributed by atoms with E-state index in [0.29, 0.717) is 0 Å². The van der Waals surface area contributed by atoms with E-state index >= 15 is 0 Å². The number of hydrogen-bond acceptors (Lipinski definition) is 3. The van der Waals surface area contributed by atoms with E-state index in [2.05, 4.69) is 18.5 Å². The molecule has 0 aromatic rings. The molecule has 9 heavy (non-hydrogen) atoms. The Hall–Kier alpha value is -0.380. The van der Waals surface area contributed by atoms with Crippen LogP contribution in [0, 0.1) is 0 Å². The lowest BCUT2D eigenvalue weighted by Crippen LogP contribution is -2.03. The Kier molecular flexibility index (Phi) is 27.5. The molecule has 1 saturated heterocycles. The molecule has 0 radical (unpaired) electrons. The predicted molar refractivity (Wildman–Crippen MR) is 43.4 cm³/mol. The van der Waals surface area contributed by atoms with Gasteiger partial charge >= 0.3 is 0 Å². The highest BCUT2D eigenvalue weighted by atomic mass is 14.9. The Bertz CT molecular complexity index is 27.7. The molecule has 0 atom stereocenters. The number of hydrogen-bond donors (Lipinski definition) is 3. The summed E-state index contributed by atoms with van der Waals surface area (Å²) >= 11 is 0. The number of nitrogens with one attached hydrogen (secondary N) is 1. The van der Waals surface area contributed by atoms with Crippen LogP contribution in [0.3, 0.4) is 0 Å². The van der Waals surface area contributed by atoms with E-state index < -0.39 is 0 Å². The van der Waals surface area contributed by atoms with Crippen LogP contribution in [-0.4, -0.2) is 13.1 Å². The Labute approximate surface area is 57.7 Å². The molecule has 3 nitrogen and oxygen atoms in total. The van der Waals surface area contributed by atoms with Crippen molar-refractivity contribution < 1.29 is 0 Å². The molecule has 0 aromatic heterocycles. The molecule has 58 valence electrons. The summed E-state index contributed by atoms with van der Waals surface area (Å²) in [4.78, 5) is 0. The van der Waals surface area contributed by atoms with Gasteiger partial charge in [-0.25, -0.2) is 0 Å². The summed E-state index contributed by atoms with van der Waals surface area (Å²) in [5, 5.41) is 3.22. The highest BCUT2D eigenvalue weighted by molar-refractivity contribution is 4.55. The van der Waals surface area contributed by atoms with Crippen molar-refractivity contribution in [1.29, 1.82) is 0 Å². The Balaban J connectivity index is -0.0000000836. The molecule has 0 aliphatic carbocycles. The number of rotatable bonds is 0. The molecule has 3 heteroatoms. The average molecular weight is 133 g/mol. The molecule has 0 bridgehead atoms. The lowest BCUT2D eigenvalue weighted by molar-refractivity contribution is 0.857. The summed E-state index contributed by atoms with van der Waals surface area (Å²) in [6, 6.07) is 0. The van der Waals surface area contributed by atoms with E-state index in [1.165, 1.54) is 25.9 Å². The lowest BCUT2D eigenvalue weighted by Gasteiger charge is -1.76. The van der Waals surface area contributed by atoms with Crippen molar-refractivity contribution in [2.24, 2.45) is 0 Å². The largest absolute Gasteiger partial charge is 0.344 e. The van der Waals surface area contributed by atoms with Crippen LogP contribution in [0.1, 0.15) is 12.8 Å². The molecular weight excluding hydrogens is 114 g/mol. The first-order valence-electron chi connectivity index (χ1n) is 2.71. The lowest BCUT2D eigenvalue weighted by atomic mass is 10.4. The van der Waals surface area contributed by atoms with E-state index in [4.69, 9.17) is 0 Å². The summed E-state index contributed by atoms with van der Waals surface area (Å²) in [5.74, 6) is 0. The van der Waals surface area contributed by atoms with E-state index in [1.54, 1.807) is 0 Å². The van der Waals surface area contributed by atoms with Crippen molar-refractivity contribution in [3.63, 3.8) is 0 Å². The zero-order chi connectivity index (χ0) is 5.54. The standard InChI is InChI=1S/C4H9N.C2H4.2H3N/c1-2-4-5-3-1;1-2;;/h5H,1-4H2;1-2H2;2*1H3. The molecule has 1 aliphatic heterocycles. The topological polar surface area (TPSA) is 82.0 Å². The van der Waals surface area contributed by atoms with Gasteiger partial charge < -0.3 is 17.6 Å². The minimum absolute atomic E-state index is 0. The predicted octanol–water partition coefficient (Wildman–Crippen LogP) is 1.50. The molecule has 0 amide bonds. The fourth-order valence-electron chi connectivity index (χ4n) is 0.625. The fourth-order valence-corrected chi connectivity index (χ4v) is 0.625. The maximum absolute atomic E-state index is 3.22. The van der Waals surface area contributed by atoms with E-state index in [1.807, 2.05) is 0 Å². The Morgan fingerprint density at radius 1 is 0.889 bits per heavy atom. The molecule has 0 aromatic carbocycles. The van der Waals surface area contributed by atoms with Gasteiger partial charge in [-0.05, 0) is 25.9 Å². The minimum atomic E-state index is 0. The summed E-state index contributed by atoms with van der Waals surface area (Å²) in [6.45, 7) is 8.50. The first-order chi connectivity index (χ1) is 3.50. The van der Waals surface area contributed by atoms with Crippen LogP contribution in [0.2, 0.25) is 0 Å². The zero-order valence-corrected chi connectivity index (χ0v) is 6.16. The first kappa shape index (κ1) is 15.8. The second kappa shape index (κ2) is 15.6. The SMILES string of the molecule is C1CCNC1.C=C.N.N. The smallest absolute Gasteiger partial charge is 0.00484 e. The minimum Gasteiger partial charge on any atom is -0.344 e. The molecule has 0 unspecified atom stereocenters. The van der Waals surface area contributed by atoms with Gasteiger partial charge in [-0.1, -0.05) is 0 Å². The van der Waals surface area contributed by atoms with Crippen LogP contribution in [0.15, 0.2) is 13.2 Å². The highest BCUT2D eigenvalue weighted by Gasteiger charge is 1.93. The van der Waals surface area contributed by atoms with Crippen molar-refractivity contribution in [3.8, 4) is 0 Å². The first-order valence-corrected chi connectivity index (χ1v) is 2.71. The van der Waals surface area contributed by atoms with Crippen LogP contribution in [-0.2, 0) is 0 Å². The van der Waals surface area contributed by atoms with Gasteiger partial charge in [0.1, 0.15) is 0 Å². The molecule has 0 saturated carbocycles. The highest BCUT2D eigenvalue weighted by Crippen LogP contribution is 1.90.